The summed E-state index contributed by atoms with van der Waals surface area (Å²) in [4.78, 5) is 12.2. The van der Waals surface area contributed by atoms with Gasteiger partial charge in [-0.1, -0.05) is 32.6 Å². The molecule has 0 spiro atoms. The van der Waals surface area contributed by atoms with Crippen LogP contribution in [0.15, 0.2) is 0 Å². The Morgan fingerprint density at radius 3 is 2.74 bits per heavy atom. The molecule has 0 aromatic rings. The van der Waals surface area contributed by atoms with Gasteiger partial charge >= 0.3 is 0 Å². The molecular formula is C15H28N2O2. The molecule has 2 N–H and O–H groups in total. The lowest BCUT2D eigenvalue weighted by atomic mass is 10.0. The monoisotopic (exact) mass is 268 g/mol. The number of carbonyl (C=O) groups is 1. The van der Waals surface area contributed by atoms with Crippen molar-refractivity contribution in [3.8, 4) is 0 Å². The summed E-state index contributed by atoms with van der Waals surface area (Å²) in [5.41, 5.74) is 0. The van der Waals surface area contributed by atoms with Crippen molar-refractivity contribution in [3.63, 3.8) is 0 Å². The summed E-state index contributed by atoms with van der Waals surface area (Å²) in [5.74, 6) is 1.01. The standard InChI is InChI=1S/C15H28N2O2/c1-2-8-16-14-11-19-10-13(14)15(18)17-9-7-12-5-3-4-6-12/h12-14,16H,2-11H2,1H3,(H,17,18). The van der Waals surface area contributed by atoms with E-state index in [1.54, 1.807) is 0 Å². The Morgan fingerprint density at radius 2 is 2.00 bits per heavy atom. The number of hydrogen-bond donors (Lipinski definition) is 2. The fraction of sp³-hybridized carbons (Fsp3) is 0.933. The molecule has 1 heterocycles. The molecule has 0 radical (unpaired) electrons. The van der Waals surface area contributed by atoms with Gasteiger partial charge in [-0.3, -0.25) is 4.79 Å². The Hall–Kier alpha value is -0.610. The Morgan fingerprint density at radius 1 is 1.21 bits per heavy atom. The maximum Gasteiger partial charge on any atom is 0.227 e. The van der Waals surface area contributed by atoms with Gasteiger partial charge in [-0.25, -0.2) is 0 Å². The number of amides is 1. The zero-order valence-corrected chi connectivity index (χ0v) is 12.1. The van der Waals surface area contributed by atoms with Crippen LogP contribution in [0.4, 0.5) is 0 Å². The Bertz CT molecular complexity index is 277. The molecule has 1 aliphatic carbocycles. The van der Waals surface area contributed by atoms with Gasteiger partial charge in [0.05, 0.1) is 19.1 Å². The first-order valence-electron chi connectivity index (χ1n) is 7.90. The van der Waals surface area contributed by atoms with Gasteiger partial charge in [0.1, 0.15) is 0 Å². The van der Waals surface area contributed by atoms with E-state index in [1.807, 2.05) is 0 Å². The highest BCUT2D eigenvalue weighted by atomic mass is 16.5. The molecule has 2 aliphatic rings. The molecule has 4 nitrogen and oxygen atoms in total. The zero-order chi connectivity index (χ0) is 13.5. The maximum atomic E-state index is 12.2. The van der Waals surface area contributed by atoms with Gasteiger partial charge in [0.15, 0.2) is 0 Å². The van der Waals surface area contributed by atoms with Gasteiger partial charge in [-0.15, -0.1) is 0 Å². The van der Waals surface area contributed by atoms with E-state index in [0.717, 1.165) is 31.8 Å². The minimum absolute atomic E-state index is 0.00451. The van der Waals surface area contributed by atoms with Crippen LogP contribution in [-0.2, 0) is 9.53 Å². The highest BCUT2D eigenvalue weighted by Gasteiger charge is 2.33. The number of hydrogen-bond acceptors (Lipinski definition) is 3. The van der Waals surface area contributed by atoms with Crippen LogP contribution >= 0.6 is 0 Å². The van der Waals surface area contributed by atoms with Crippen LogP contribution in [0, 0.1) is 11.8 Å². The highest BCUT2D eigenvalue weighted by Crippen LogP contribution is 2.27. The van der Waals surface area contributed by atoms with Crippen LogP contribution < -0.4 is 10.6 Å². The van der Waals surface area contributed by atoms with E-state index in [1.165, 1.54) is 25.7 Å². The van der Waals surface area contributed by atoms with Gasteiger partial charge in [-0.05, 0) is 25.3 Å². The van der Waals surface area contributed by atoms with Gasteiger partial charge in [0.25, 0.3) is 0 Å². The van der Waals surface area contributed by atoms with Gasteiger partial charge in [0, 0.05) is 12.6 Å². The summed E-state index contributed by atoms with van der Waals surface area (Å²) in [6, 6.07) is 0.200. The Kier molecular flexibility index (Phi) is 6.11. The van der Waals surface area contributed by atoms with E-state index in [2.05, 4.69) is 17.6 Å². The molecule has 1 saturated carbocycles. The van der Waals surface area contributed by atoms with E-state index in [9.17, 15) is 4.79 Å². The summed E-state index contributed by atoms with van der Waals surface area (Å²) < 4.78 is 5.44. The van der Waals surface area contributed by atoms with Crippen molar-refractivity contribution in [1.82, 2.24) is 10.6 Å². The van der Waals surface area contributed by atoms with Gasteiger partial charge in [0.2, 0.25) is 5.91 Å². The molecular weight excluding hydrogens is 240 g/mol. The molecule has 2 rings (SSSR count). The van der Waals surface area contributed by atoms with Crippen molar-refractivity contribution in [1.29, 1.82) is 0 Å². The fourth-order valence-electron chi connectivity index (χ4n) is 3.17. The van der Waals surface area contributed by atoms with Crippen LogP contribution in [0.25, 0.3) is 0 Å². The maximum absolute atomic E-state index is 12.2. The Labute approximate surface area is 116 Å². The molecule has 2 fully saturated rings. The normalized spacial score (nSPS) is 27.8. The summed E-state index contributed by atoms with van der Waals surface area (Å²) in [5, 5.41) is 6.51. The fourth-order valence-corrected chi connectivity index (χ4v) is 3.17. The second kappa shape index (κ2) is 7.85. The lowest BCUT2D eigenvalue weighted by Gasteiger charge is -2.19. The van der Waals surface area contributed by atoms with Crippen LogP contribution in [0.3, 0.4) is 0 Å². The molecule has 1 amide bonds. The number of ether oxygens (including phenoxy) is 1. The predicted octanol–water partition coefficient (Wildman–Crippen LogP) is 1.70. The highest BCUT2D eigenvalue weighted by molar-refractivity contribution is 5.79. The second-order valence-electron chi connectivity index (χ2n) is 5.93. The zero-order valence-electron chi connectivity index (χ0n) is 12.1. The third-order valence-electron chi connectivity index (χ3n) is 4.40. The van der Waals surface area contributed by atoms with Gasteiger partial charge < -0.3 is 15.4 Å². The van der Waals surface area contributed by atoms with E-state index in [0.29, 0.717) is 13.2 Å². The van der Waals surface area contributed by atoms with E-state index < -0.39 is 0 Å². The van der Waals surface area contributed by atoms with Crippen LogP contribution in [0.2, 0.25) is 0 Å². The van der Waals surface area contributed by atoms with Crippen molar-refractivity contribution < 1.29 is 9.53 Å². The number of nitrogens with one attached hydrogen (secondary N) is 2. The predicted molar refractivity (Wildman–Crippen MR) is 76.0 cm³/mol. The van der Waals surface area contributed by atoms with Crippen molar-refractivity contribution in [2.45, 2.75) is 51.5 Å². The van der Waals surface area contributed by atoms with E-state index in [4.69, 9.17) is 4.74 Å². The summed E-state index contributed by atoms with van der Waals surface area (Å²) in [6.07, 6.45) is 7.68. The summed E-state index contributed by atoms with van der Waals surface area (Å²) >= 11 is 0. The van der Waals surface area contributed by atoms with Gasteiger partial charge in [-0.2, -0.15) is 0 Å². The van der Waals surface area contributed by atoms with E-state index in [-0.39, 0.29) is 17.9 Å². The number of rotatable bonds is 7. The lowest BCUT2D eigenvalue weighted by molar-refractivity contribution is -0.125. The average Bonchev–Trinajstić information content (AvgIpc) is 3.07. The summed E-state index contributed by atoms with van der Waals surface area (Å²) in [6.45, 7) is 5.16. The third kappa shape index (κ3) is 4.46. The summed E-state index contributed by atoms with van der Waals surface area (Å²) in [7, 11) is 0. The SMILES string of the molecule is CCCNC1COCC1C(=O)NCCC1CCCC1. The van der Waals surface area contributed by atoms with Crippen molar-refractivity contribution >= 4 is 5.91 Å². The quantitative estimate of drug-likeness (QED) is 0.739. The average molecular weight is 268 g/mol. The largest absolute Gasteiger partial charge is 0.379 e. The topological polar surface area (TPSA) is 50.4 Å². The molecule has 0 bridgehead atoms. The molecule has 4 heteroatoms. The van der Waals surface area contributed by atoms with Crippen LogP contribution in [-0.4, -0.2) is 38.3 Å². The minimum Gasteiger partial charge on any atom is -0.379 e. The molecule has 1 saturated heterocycles. The van der Waals surface area contributed by atoms with Crippen molar-refractivity contribution in [2.75, 3.05) is 26.3 Å². The first-order chi connectivity index (χ1) is 9.31. The van der Waals surface area contributed by atoms with Crippen molar-refractivity contribution in [3.05, 3.63) is 0 Å². The Balaban J connectivity index is 1.66. The van der Waals surface area contributed by atoms with E-state index >= 15 is 0 Å². The molecule has 110 valence electrons. The van der Waals surface area contributed by atoms with Crippen molar-refractivity contribution in [2.24, 2.45) is 11.8 Å². The molecule has 1 aliphatic heterocycles. The smallest absolute Gasteiger partial charge is 0.227 e. The van der Waals surface area contributed by atoms with Crippen LogP contribution in [0.5, 0.6) is 0 Å². The molecule has 19 heavy (non-hydrogen) atoms. The molecule has 0 aromatic heterocycles. The lowest BCUT2D eigenvalue weighted by Crippen LogP contribution is -2.44. The third-order valence-corrected chi connectivity index (χ3v) is 4.40. The van der Waals surface area contributed by atoms with Crippen LogP contribution in [0.1, 0.15) is 45.4 Å². The second-order valence-corrected chi connectivity index (χ2v) is 5.93. The molecule has 2 atom stereocenters. The number of carbonyl (C=O) groups excluding carboxylic acids is 1. The first kappa shape index (κ1) is 14.8. The molecule has 0 aromatic carbocycles. The minimum atomic E-state index is -0.00451. The molecule has 2 unspecified atom stereocenters. The first-order valence-corrected chi connectivity index (χ1v) is 7.90.